The number of nitrogens with zero attached hydrogens (tertiary/aromatic N) is 4. The first-order chi connectivity index (χ1) is 11.4. The van der Waals surface area contributed by atoms with Crippen molar-refractivity contribution in [3.8, 4) is 0 Å². The molecule has 0 aliphatic rings. The van der Waals surface area contributed by atoms with Crippen LogP contribution in [0.3, 0.4) is 0 Å². The van der Waals surface area contributed by atoms with Gasteiger partial charge in [0.25, 0.3) is 0 Å². The van der Waals surface area contributed by atoms with Gasteiger partial charge >= 0.3 is 0 Å². The minimum absolute atomic E-state index is 0.0467. The van der Waals surface area contributed by atoms with Crippen LogP contribution in [0.4, 0.5) is 10.3 Å². The van der Waals surface area contributed by atoms with Crippen molar-refractivity contribution in [2.24, 2.45) is 0 Å². The summed E-state index contributed by atoms with van der Waals surface area (Å²) in [5.41, 5.74) is 0.721. The summed E-state index contributed by atoms with van der Waals surface area (Å²) in [6, 6.07) is 5.83. The molecule has 2 amide bonds. The minimum atomic E-state index is -0.430. The number of rotatable bonds is 6. The number of hydrogen-bond acceptors (Lipinski definition) is 4. The molecule has 0 bridgehead atoms. The molecular formula is C16H20FN5O2. The number of carbonyl (C=O) groups is 2. The van der Waals surface area contributed by atoms with Gasteiger partial charge < -0.3 is 4.90 Å². The van der Waals surface area contributed by atoms with Crippen molar-refractivity contribution >= 4 is 17.8 Å². The molecule has 1 aromatic carbocycles. The van der Waals surface area contributed by atoms with Gasteiger partial charge in [0.05, 0.1) is 5.92 Å². The first-order valence-corrected chi connectivity index (χ1v) is 7.56. The Bertz CT molecular complexity index is 712. The summed E-state index contributed by atoms with van der Waals surface area (Å²) in [5.74, 6) is -1.05. The summed E-state index contributed by atoms with van der Waals surface area (Å²) in [5, 5.41) is 6.69. The molecule has 1 heterocycles. The van der Waals surface area contributed by atoms with E-state index in [1.807, 2.05) is 6.92 Å². The third kappa shape index (κ3) is 4.37. The van der Waals surface area contributed by atoms with E-state index in [1.54, 1.807) is 26.2 Å². The number of carbonyl (C=O) groups excluding carboxylic acids is 2. The number of benzene rings is 1. The molecule has 1 unspecified atom stereocenters. The fraction of sp³-hybridized carbons (Fsp3) is 0.375. The van der Waals surface area contributed by atoms with Crippen LogP contribution in [0.25, 0.3) is 0 Å². The molecule has 8 heteroatoms. The first-order valence-electron chi connectivity index (χ1n) is 7.56. The fourth-order valence-electron chi connectivity index (χ4n) is 2.17. The summed E-state index contributed by atoms with van der Waals surface area (Å²) in [4.78, 5) is 29.5. The summed E-state index contributed by atoms with van der Waals surface area (Å²) in [6.45, 7) is 1.92. The van der Waals surface area contributed by atoms with E-state index < -0.39 is 5.92 Å². The number of nitrogens with one attached hydrogen (secondary N) is 1. The monoisotopic (exact) mass is 333 g/mol. The van der Waals surface area contributed by atoms with Crippen LogP contribution in [0.2, 0.25) is 0 Å². The molecule has 0 saturated heterocycles. The molecule has 2 aromatic rings. The predicted octanol–water partition coefficient (Wildman–Crippen LogP) is 1.64. The predicted molar refractivity (Wildman–Crippen MR) is 86.8 cm³/mol. The van der Waals surface area contributed by atoms with Crippen LogP contribution in [-0.4, -0.2) is 45.6 Å². The van der Waals surface area contributed by atoms with Crippen molar-refractivity contribution < 1.29 is 14.0 Å². The summed E-state index contributed by atoms with van der Waals surface area (Å²) in [7, 11) is 3.30. The lowest BCUT2D eigenvalue weighted by Crippen LogP contribution is -2.26. The maximum absolute atomic E-state index is 13.0. The third-order valence-corrected chi connectivity index (χ3v) is 3.56. The second-order valence-electron chi connectivity index (χ2n) is 5.56. The van der Waals surface area contributed by atoms with Gasteiger partial charge in [-0.05, 0) is 24.1 Å². The van der Waals surface area contributed by atoms with Crippen LogP contribution in [0.15, 0.2) is 30.6 Å². The van der Waals surface area contributed by atoms with Gasteiger partial charge in [-0.25, -0.2) is 14.1 Å². The molecule has 0 aliphatic carbocycles. The highest BCUT2D eigenvalue weighted by molar-refractivity contribution is 5.94. The lowest BCUT2D eigenvalue weighted by molar-refractivity contribution is -0.129. The third-order valence-electron chi connectivity index (χ3n) is 3.56. The van der Waals surface area contributed by atoms with Crippen LogP contribution < -0.4 is 5.32 Å². The fourth-order valence-corrected chi connectivity index (χ4v) is 2.17. The highest BCUT2D eigenvalue weighted by atomic mass is 19.1. The maximum atomic E-state index is 13.0. The average Bonchev–Trinajstić information content (AvgIpc) is 2.96. The highest BCUT2D eigenvalue weighted by Gasteiger charge is 2.20. The Hall–Kier alpha value is -2.77. The Kier molecular flexibility index (Phi) is 5.62. The lowest BCUT2D eigenvalue weighted by Gasteiger charge is -2.14. The number of hydrogen-bond donors (Lipinski definition) is 1. The smallest absolute Gasteiger partial charge is 0.248 e. The Balaban J connectivity index is 2.04. The van der Waals surface area contributed by atoms with Gasteiger partial charge in [-0.1, -0.05) is 19.1 Å². The molecule has 1 N–H and O–H groups in total. The van der Waals surface area contributed by atoms with E-state index in [0.717, 1.165) is 5.56 Å². The van der Waals surface area contributed by atoms with E-state index in [2.05, 4.69) is 15.4 Å². The van der Waals surface area contributed by atoms with Crippen LogP contribution in [0.1, 0.15) is 24.8 Å². The van der Waals surface area contributed by atoms with E-state index in [9.17, 15) is 14.0 Å². The SMILES string of the molecule is CCC(C(=O)Nc1ncn(CC(=O)N(C)C)n1)c1ccc(F)cc1. The van der Waals surface area contributed by atoms with Gasteiger partial charge in [-0.2, -0.15) is 0 Å². The Morgan fingerprint density at radius 3 is 2.54 bits per heavy atom. The molecule has 128 valence electrons. The van der Waals surface area contributed by atoms with E-state index >= 15 is 0 Å². The van der Waals surface area contributed by atoms with E-state index in [0.29, 0.717) is 6.42 Å². The van der Waals surface area contributed by atoms with Gasteiger partial charge in [-0.15, -0.1) is 5.10 Å². The van der Waals surface area contributed by atoms with Gasteiger partial charge in [-0.3, -0.25) is 14.9 Å². The number of aromatic nitrogens is 3. The average molecular weight is 333 g/mol. The van der Waals surface area contributed by atoms with Crippen molar-refractivity contribution in [1.82, 2.24) is 19.7 Å². The minimum Gasteiger partial charge on any atom is -0.347 e. The van der Waals surface area contributed by atoms with Gasteiger partial charge in [0, 0.05) is 14.1 Å². The van der Waals surface area contributed by atoms with Crippen LogP contribution in [0.5, 0.6) is 0 Å². The standard InChI is InChI=1S/C16H20FN5O2/c1-4-13(11-5-7-12(17)8-6-11)15(24)19-16-18-10-22(20-16)9-14(23)21(2)3/h5-8,10,13H,4,9H2,1-3H3,(H,19,20,24). The molecule has 0 saturated carbocycles. The molecule has 1 atom stereocenters. The Morgan fingerprint density at radius 2 is 1.96 bits per heavy atom. The molecule has 0 fully saturated rings. The van der Waals surface area contributed by atoms with E-state index in [4.69, 9.17) is 0 Å². The Labute approximate surface area is 139 Å². The summed E-state index contributed by atoms with van der Waals surface area (Å²) >= 11 is 0. The zero-order chi connectivity index (χ0) is 17.7. The van der Waals surface area contributed by atoms with Crippen molar-refractivity contribution in [2.75, 3.05) is 19.4 Å². The van der Waals surface area contributed by atoms with E-state index in [1.165, 1.54) is 28.0 Å². The Morgan fingerprint density at radius 1 is 1.29 bits per heavy atom. The zero-order valence-electron chi connectivity index (χ0n) is 13.9. The van der Waals surface area contributed by atoms with Crippen LogP contribution in [-0.2, 0) is 16.1 Å². The lowest BCUT2D eigenvalue weighted by atomic mass is 9.96. The zero-order valence-corrected chi connectivity index (χ0v) is 13.9. The molecule has 1 aromatic heterocycles. The van der Waals surface area contributed by atoms with Crippen molar-refractivity contribution in [2.45, 2.75) is 25.8 Å². The van der Waals surface area contributed by atoms with Crippen LogP contribution in [0, 0.1) is 5.82 Å². The second-order valence-corrected chi connectivity index (χ2v) is 5.56. The maximum Gasteiger partial charge on any atom is 0.248 e. The molecule has 0 radical (unpaired) electrons. The number of amides is 2. The number of anilines is 1. The molecule has 0 aliphatic heterocycles. The first kappa shape index (κ1) is 17.6. The van der Waals surface area contributed by atoms with Crippen molar-refractivity contribution in [3.63, 3.8) is 0 Å². The van der Waals surface area contributed by atoms with Gasteiger partial charge in [0.2, 0.25) is 17.8 Å². The highest BCUT2D eigenvalue weighted by Crippen LogP contribution is 2.21. The van der Waals surface area contributed by atoms with Crippen molar-refractivity contribution in [3.05, 3.63) is 42.0 Å². The normalized spacial score (nSPS) is 11.8. The molecule has 24 heavy (non-hydrogen) atoms. The summed E-state index contributed by atoms with van der Waals surface area (Å²) < 4.78 is 14.4. The topological polar surface area (TPSA) is 80.1 Å². The summed E-state index contributed by atoms with van der Waals surface area (Å²) in [6.07, 6.45) is 1.94. The number of halogens is 1. The quantitative estimate of drug-likeness (QED) is 0.871. The molecular weight excluding hydrogens is 313 g/mol. The second kappa shape index (κ2) is 7.67. The molecule has 2 rings (SSSR count). The van der Waals surface area contributed by atoms with E-state index in [-0.39, 0.29) is 30.1 Å². The molecule has 7 nitrogen and oxygen atoms in total. The van der Waals surface area contributed by atoms with Gasteiger partial charge in [0.15, 0.2) is 0 Å². The van der Waals surface area contributed by atoms with Crippen molar-refractivity contribution in [1.29, 1.82) is 0 Å². The number of likely N-dealkylation sites (N-methyl/N-ethyl adjacent to an activating group) is 1. The molecule has 0 spiro atoms. The van der Waals surface area contributed by atoms with Gasteiger partial charge in [0.1, 0.15) is 18.7 Å². The largest absolute Gasteiger partial charge is 0.347 e. The van der Waals surface area contributed by atoms with Crippen LogP contribution >= 0.6 is 0 Å².